The number of rotatable bonds is 6. The number of hydrogen-bond donors (Lipinski definition) is 1. The molecule has 1 unspecified atom stereocenters. The standard InChI is InChI=1S/C13H19F2NO/c1-9(2)10(3)16-7-8-17-12-6-4-5-11(14)13(12)15/h4-6,9-10,16H,7-8H2,1-3H3. The summed E-state index contributed by atoms with van der Waals surface area (Å²) in [4.78, 5) is 0. The summed E-state index contributed by atoms with van der Waals surface area (Å²) in [5.74, 6) is -1.32. The Morgan fingerprint density at radius 3 is 2.59 bits per heavy atom. The van der Waals surface area contributed by atoms with Crippen LogP contribution in [0, 0.1) is 17.6 Å². The van der Waals surface area contributed by atoms with Crippen molar-refractivity contribution in [2.75, 3.05) is 13.2 Å². The van der Waals surface area contributed by atoms with Crippen molar-refractivity contribution >= 4 is 0 Å². The molecule has 96 valence electrons. The van der Waals surface area contributed by atoms with Gasteiger partial charge in [-0.3, -0.25) is 0 Å². The van der Waals surface area contributed by atoms with Crippen LogP contribution in [0.5, 0.6) is 5.75 Å². The summed E-state index contributed by atoms with van der Waals surface area (Å²) in [5.41, 5.74) is 0. The molecule has 0 heterocycles. The van der Waals surface area contributed by atoms with Crippen LogP contribution in [0.2, 0.25) is 0 Å². The topological polar surface area (TPSA) is 21.3 Å². The molecule has 0 aliphatic heterocycles. The zero-order valence-electron chi connectivity index (χ0n) is 10.5. The van der Waals surface area contributed by atoms with Crippen molar-refractivity contribution in [1.82, 2.24) is 5.32 Å². The highest BCUT2D eigenvalue weighted by Gasteiger charge is 2.09. The molecule has 0 bridgehead atoms. The van der Waals surface area contributed by atoms with Crippen LogP contribution in [-0.2, 0) is 0 Å². The Morgan fingerprint density at radius 2 is 1.94 bits per heavy atom. The fraction of sp³-hybridized carbons (Fsp3) is 0.538. The molecule has 1 aromatic carbocycles. The Hall–Kier alpha value is -1.16. The second kappa shape index (κ2) is 6.55. The number of nitrogens with one attached hydrogen (secondary N) is 1. The van der Waals surface area contributed by atoms with E-state index in [0.717, 1.165) is 6.07 Å². The van der Waals surface area contributed by atoms with Gasteiger partial charge in [0.05, 0.1) is 0 Å². The molecule has 2 nitrogen and oxygen atoms in total. The summed E-state index contributed by atoms with van der Waals surface area (Å²) < 4.78 is 31.2. The van der Waals surface area contributed by atoms with E-state index in [9.17, 15) is 8.78 Å². The van der Waals surface area contributed by atoms with Crippen LogP contribution in [-0.4, -0.2) is 19.2 Å². The van der Waals surface area contributed by atoms with Crippen LogP contribution >= 0.6 is 0 Å². The third-order valence-electron chi connectivity index (χ3n) is 2.74. The second-order valence-corrected chi connectivity index (χ2v) is 4.39. The van der Waals surface area contributed by atoms with Crippen molar-refractivity contribution in [3.63, 3.8) is 0 Å². The Bertz CT molecular complexity index is 355. The molecule has 1 atom stereocenters. The quantitative estimate of drug-likeness (QED) is 0.775. The van der Waals surface area contributed by atoms with E-state index < -0.39 is 11.6 Å². The van der Waals surface area contributed by atoms with E-state index in [0.29, 0.717) is 25.1 Å². The normalized spacial score (nSPS) is 12.8. The van der Waals surface area contributed by atoms with Crippen molar-refractivity contribution in [1.29, 1.82) is 0 Å². The van der Waals surface area contributed by atoms with Crippen molar-refractivity contribution in [2.45, 2.75) is 26.8 Å². The summed E-state index contributed by atoms with van der Waals surface area (Å²) >= 11 is 0. The van der Waals surface area contributed by atoms with Crippen molar-refractivity contribution < 1.29 is 13.5 Å². The van der Waals surface area contributed by atoms with E-state index in [1.165, 1.54) is 12.1 Å². The Kier molecular flexibility index (Phi) is 5.35. The van der Waals surface area contributed by atoms with E-state index in [1.54, 1.807) is 0 Å². The monoisotopic (exact) mass is 243 g/mol. The molecular formula is C13H19F2NO. The SMILES string of the molecule is CC(C)C(C)NCCOc1cccc(F)c1F. The molecule has 1 N–H and O–H groups in total. The lowest BCUT2D eigenvalue weighted by atomic mass is 10.1. The van der Waals surface area contributed by atoms with Gasteiger partial charge in [-0.15, -0.1) is 0 Å². The summed E-state index contributed by atoms with van der Waals surface area (Å²) in [6.07, 6.45) is 0. The lowest BCUT2D eigenvalue weighted by Gasteiger charge is -2.17. The largest absolute Gasteiger partial charge is 0.489 e. The zero-order valence-corrected chi connectivity index (χ0v) is 10.5. The molecule has 0 aliphatic rings. The first-order valence-electron chi connectivity index (χ1n) is 5.82. The predicted molar refractivity (Wildman–Crippen MR) is 64.2 cm³/mol. The molecule has 0 saturated carbocycles. The number of ether oxygens (including phenoxy) is 1. The molecule has 0 spiro atoms. The van der Waals surface area contributed by atoms with Gasteiger partial charge in [-0.05, 0) is 25.0 Å². The average molecular weight is 243 g/mol. The maximum Gasteiger partial charge on any atom is 0.200 e. The molecule has 0 aromatic heterocycles. The highest BCUT2D eigenvalue weighted by Crippen LogP contribution is 2.18. The van der Waals surface area contributed by atoms with E-state index in [4.69, 9.17) is 4.74 Å². The first-order valence-corrected chi connectivity index (χ1v) is 5.82. The fourth-order valence-electron chi connectivity index (χ4n) is 1.28. The van der Waals surface area contributed by atoms with E-state index in [1.807, 2.05) is 0 Å². The third-order valence-corrected chi connectivity index (χ3v) is 2.74. The van der Waals surface area contributed by atoms with Gasteiger partial charge in [0.2, 0.25) is 5.82 Å². The van der Waals surface area contributed by atoms with Crippen LogP contribution in [0.25, 0.3) is 0 Å². The minimum Gasteiger partial charge on any atom is -0.489 e. The summed E-state index contributed by atoms with van der Waals surface area (Å²) in [6.45, 7) is 7.23. The van der Waals surface area contributed by atoms with Crippen LogP contribution < -0.4 is 10.1 Å². The fourth-order valence-corrected chi connectivity index (χ4v) is 1.28. The molecule has 0 fully saturated rings. The van der Waals surface area contributed by atoms with Gasteiger partial charge in [-0.1, -0.05) is 19.9 Å². The molecule has 0 aliphatic carbocycles. The van der Waals surface area contributed by atoms with Crippen LogP contribution in [0.15, 0.2) is 18.2 Å². The highest BCUT2D eigenvalue weighted by molar-refractivity contribution is 5.24. The highest BCUT2D eigenvalue weighted by atomic mass is 19.2. The van der Waals surface area contributed by atoms with Gasteiger partial charge in [0.1, 0.15) is 6.61 Å². The molecule has 0 saturated heterocycles. The van der Waals surface area contributed by atoms with Crippen LogP contribution in [0.4, 0.5) is 8.78 Å². The van der Waals surface area contributed by atoms with Crippen LogP contribution in [0.1, 0.15) is 20.8 Å². The first kappa shape index (κ1) is 13.9. The minimum atomic E-state index is -0.926. The van der Waals surface area contributed by atoms with Crippen molar-refractivity contribution in [2.24, 2.45) is 5.92 Å². The minimum absolute atomic E-state index is 0.0380. The molecule has 0 amide bonds. The Labute approximate surface area is 101 Å². The van der Waals surface area contributed by atoms with E-state index >= 15 is 0 Å². The lowest BCUT2D eigenvalue weighted by molar-refractivity contribution is 0.280. The second-order valence-electron chi connectivity index (χ2n) is 4.39. The van der Waals surface area contributed by atoms with Gasteiger partial charge in [-0.25, -0.2) is 4.39 Å². The molecule has 4 heteroatoms. The van der Waals surface area contributed by atoms with E-state index in [-0.39, 0.29) is 5.75 Å². The molecule has 0 radical (unpaired) electrons. The van der Waals surface area contributed by atoms with Gasteiger partial charge >= 0.3 is 0 Å². The third kappa shape index (κ3) is 4.30. The lowest BCUT2D eigenvalue weighted by Crippen LogP contribution is -2.33. The number of benzene rings is 1. The Balaban J connectivity index is 2.34. The zero-order chi connectivity index (χ0) is 12.8. The van der Waals surface area contributed by atoms with Gasteiger partial charge in [0.15, 0.2) is 11.6 Å². The number of halogens is 2. The summed E-state index contributed by atoms with van der Waals surface area (Å²) in [5, 5.41) is 3.25. The van der Waals surface area contributed by atoms with Gasteiger partial charge in [0, 0.05) is 12.6 Å². The maximum absolute atomic E-state index is 13.2. The first-order chi connectivity index (χ1) is 8.02. The predicted octanol–water partition coefficient (Wildman–Crippen LogP) is 2.98. The van der Waals surface area contributed by atoms with Gasteiger partial charge < -0.3 is 10.1 Å². The molecular weight excluding hydrogens is 224 g/mol. The Morgan fingerprint density at radius 1 is 1.24 bits per heavy atom. The van der Waals surface area contributed by atoms with Crippen molar-refractivity contribution in [3.05, 3.63) is 29.8 Å². The number of hydrogen-bond acceptors (Lipinski definition) is 2. The smallest absolute Gasteiger partial charge is 0.200 e. The molecule has 17 heavy (non-hydrogen) atoms. The van der Waals surface area contributed by atoms with Gasteiger partial charge in [0.25, 0.3) is 0 Å². The maximum atomic E-state index is 13.2. The van der Waals surface area contributed by atoms with Gasteiger partial charge in [-0.2, -0.15) is 4.39 Å². The van der Waals surface area contributed by atoms with E-state index in [2.05, 4.69) is 26.1 Å². The molecule has 1 rings (SSSR count). The average Bonchev–Trinajstić information content (AvgIpc) is 2.29. The molecule has 1 aromatic rings. The van der Waals surface area contributed by atoms with Crippen molar-refractivity contribution in [3.8, 4) is 5.75 Å². The summed E-state index contributed by atoms with van der Waals surface area (Å²) in [7, 11) is 0. The summed E-state index contributed by atoms with van der Waals surface area (Å²) in [6, 6.07) is 4.29. The van der Waals surface area contributed by atoms with Crippen LogP contribution in [0.3, 0.4) is 0 Å².